The molecule has 23 heavy (non-hydrogen) atoms. The minimum atomic E-state index is 0.418. The van der Waals surface area contributed by atoms with Crippen LogP contribution in [0.2, 0.25) is 0 Å². The number of hydrogen-bond acceptors (Lipinski definition) is 5. The van der Waals surface area contributed by atoms with Crippen LogP contribution in [0.25, 0.3) is 0 Å². The maximum absolute atomic E-state index is 4.49. The second-order valence-electron chi connectivity index (χ2n) is 7.03. The molecule has 4 rings (SSSR count). The highest BCUT2D eigenvalue weighted by atomic mass is 15.3. The molecule has 2 aliphatic rings. The number of aromatic nitrogens is 5. The summed E-state index contributed by atoms with van der Waals surface area (Å²) in [6.07, 6.45) is 8.36. The maximum atomic E-state index is 4.49. The molecular weight excluding hydrogens is 288 g/mol. The van der Waals surface area contributed by atoms with Gasteiger partial charge in [-0.2, -0.15) is 0 Å². The van der Waals surface area contributed by atoms with Crippen LogP contribution in [0.5, 0.6) is 0 Å². The maximum Gasteiger partial charge on any atom is 0.136 e. The zero-order valence-corrected chi connectivity index (χ0v) is 13.9. The first-order valence-electron chi connectivity index (χ1n) is 8.68. The quantitative estimate of drug-likeness (QED) is 0.868. The van der Waals surface area contributed by atoms with E-state index >= 15 is 0 Å². The zero-order valence-electron chi connectivity index (χ0n) is 13.9. The Labute approximate surface area is 137 Å². The molecular formula is C17H24N6. The Bertz CT molecular complexity index is 667. The fourth-order valence-electron chi connectivity index (χ4n) is 3.45. The molecule has 2 aromatic heterocycles. The van der Waals surface area contributed by atoms with E-state index in [0.717, 1.165) is 37.6 Å². The summed E-state index contributed by atoms with van der Waals surface area (Å²) in [7, 11) is 0. The molecule has 0 amide bonds. The number of anilines is 1. The molecule has 1 aliphatic heterocycles. The summed E-state index contributed by atoms with van der Waals surface area (Å²) in [6.45, 7) is 6.41. The van der Waals surface area contributed by atoms with Gasteiger partial charge in [0.15, 0.2) is 0 Å². The van der Waals surface area contributed by atoms with Crippen LogP contribution in [-0.4, -0.2) is 37.8 Å². The third kappa shape index (κ3) is 2.94. The van der Waals surface area contributed by atoms with E-state index < -0.39 is 0 Å². The van der Waals surface area contributed by atoms with Crippen molar-refractivity contribution in [3.05, 3.63) is 30.2 Å². The molecule has 2 aromatic rings. The molecule has 0 atom stereocenters. The van der Waals surface area contributed by atoms with Gasteiger partial charge < -0.3 is 9.47 Å². The second-order valence-corrected chi connectivity index (χ2v) is 7.03. The number of hydrogen-bond donors (Lipinski definition) is 0. The van der Waals surface area contributed by atoms with E-state index in [0.29, 0.717) is 17.9 Å². The monoisotopic (exact) mass is 312 g/mol. The Kier molecular flexibility index (Phi) is 3.75. The minimum Gasteiger partial charge on any atom is -0.356 e. The molecule has 0 N–H and O–H groups in total. The SMILES string of the molecule is CC(C)n1cnnc1C1CCN(c2cc(C3CC3)ncn2)CC1. The number of rotatable bonds is 4. The van der Waals surface area contributed by atoms with Crippen molar-refractivity contribution in [2.24, 2.45) is 0 Å². The molecule has 1 saturated heterocycles. The van der Waals surface area contributed by atoms with Gasteiger partial charge >= 0.3 is 0 Å². The van der Waals surface area contributed by atoms with Gasteiger partial charge in [-0.3, -0.25) is 0 Å². The molecule has 6 heteroatoms. The molecule has 6 nitrogen and oxygen atoms in total. The fourth-order valence-corrected chi connectivity index (χ4v) is 3.45. The van der Waals surface area contributed by atoms with E-state index in [1.54, 1.807) is 6.33 Å². The van der Waals surface area contributed by atoms with Crippen LogP contribution in [0.1, 0.15) is 68.9 Å². The van der Waals surface area contributed by atoms with Crippen LogP contribution in [0.3, 0.4) is 0 Å². The molecule has 0 unspecified atom stereocenters. The topological polar surface area (TPSA) is 59.7 Å². The van der Waals surface area contributed by atoms with Gasteiger partial charge in [0, 0.05) is 42.7 Å². The Balaban J connectivity index is 1.44. The summed E-state index contributed by atoms with van der Waals surface area (Å²) in [6, 6.07) is 2.61. The minimum absolute atomic E-state index is 0.418. The first-order chi connectivity index (χ1) is 11.2. The fraction of sp³-hybridized carbons (Fsp3) is 0.647. The Morgan fingerprint density at radius 1 is 1.04 bits per heavy atom. The molecule has 1 saturated carbocycles. The van der Waals surface area contributed by atoms with Crippen LogP contribution in [0.4, 0.5) is 5.82 Å². The smallest absolute Gasteiger partial charge is 0.136 e. The Morgan fingerprint density at radius 3 is 2.52 bits per heavy atom. The van der Waals surface area contributed by atoms with Gasteiger partial charge in [0.1, 0.15) is 24.3 Å². The molecule has 0 bridgehead atoms. The third-order valence-corrected chi connectivity index (χ3v) is 5.01. The van der Waals surface area contributed by atoms with Gasteiger partial charge in [0.2, 0.25) is 0 Å². The van der Waals surface area contributed by atoms with E-state index in [9.17, 15) is 0 Å². The van der Waals surface area contributed by atoms with Crippen LogP contribution >= 0.6 is 0 Å². The first kappa shape index (κ1) is 14.6. The van der Waals surface area contributed by atoms with Crippen molar-refractivity contribution in [2.45, 2.75) is 57.4 Å². The van der Waals surface area contributed by atoms with Crippen molar-refractivity contribution in [3.8, 4) is 0 Å². The number of nitrogens with zero attached hydrogens (tertiary/aromatic N) is 6. The van der Waals surface area contributed by atoms with E-state index in [2.05, 4.69) is 49.5 Å². The van der Waals surface area contributed by atoms with Gasteiger partial charge in [-0.15, -0.1) is 10.2 Å². The lowest BCUT2D eigenvalue weighted by atomic mass is 9.95. The van der Waals surface area contributed by atoms with Crippen molar-refractivity contribution in [1.29, 1.82) is 0 Å². The highest BCUT2D eigenvalue weighted by molar-refractivity contribution is 5.41. The van der Waals surface area contributed by atoms with Gasteiger partial charge in [-0.25, -0.2) is 9.97 Å². The summed E-state index contributed by atoms with van der Waals surface area (Å²) < 4.78 is 2.20. The largest absolute Gasteiger partial charge is 0.356 e. The normalized spacial score (nSPS) is 19.5. The lowest BCUT2D eigenvalue weighted by Crippen LogP contribution is -2.34. The highest BCUT2D eigenvalue weighted by Gasteiger charge is 2.28. The Morgan fingerprint density at radius 2 is 1.83 bits per heavy atom. The van der Waals surface area contributed by atoms with E-state index in [1.807, 2.05) is 6.33 Å². The highest BCUT2D eigenvalue weighted by Crippen LogP contribution is 2.39. The lowest BCUT2D eigenvalue weighted by molar-refractivity contribution is 0.447. The van der Waals surface area contributed by atoms with E-state index in [4.69, 9.17) is 0 Å². The summed E-state index contributed by atoms with van der Waals surface area (Å²) in [5.41, 5.74) is 1.22. The predicted molar refractivity (Wildman–Crippen MR) is 88.6 cm³/mol. The molecule has 2 fully saturated rings. The van der Waals surface area contributed by atoms with Crippen LogP contribution in [-0.2, 0) is 0 Å². The zero-order chi connectivity index (χ0) is 15.8. The van der Waals surface area contributed by atoms with Crippen molar-refractivity contribution in [2.75, 3.05) is 18.0 Å². The third-order valence-electron chi connectivity index (χ3n) is 5.01. The predicted octanol–water partition coefficient (Wildman–Crippen LogP) is 2.91. The van der Waals surface area contributed by atoms with Gasteiger partial charge in [0.25, 0.3) is 0 Å². The molecule has 0 radical (unpaired) electrons. The average Bonchev–Trinajstić information content (AvgIpc) is 3.31. The van der Waals surface area contributed by atoms with Crippen LogP contribution in [0, 0.1) is 0 Å². The molecule has 122 valence electrons. The van der Waals surface area contributed by atoms with E-state index in [1.165, 1.54) is 18.5 Å². The number of piperidine rings is 1. The first-order valence-corrected chi connectivity index (χ1v) is 8.68. The van der Waals surface area contributed by atoms with Crippen molar-refractivity contribution in [3.63, 3.8) is 0 Å². The Hall–Kier alpha value is -1.98. The van der Waals surface area contributed by atoms with Gasteiger partial charge in [0.05, 0.1) is 0 Å². The molecule has 3 heterocycles. The van der Waals surface area contributed by atoms with Crippen molar-refractivity contribution < 1.29 is 0 Å². The molecule has 0 aromatic carbocycles. The lowest BCUT2D eigenvalue weighted by Gasteiger charge is -2.32. The average molecular weight is 312 g/mol. The van der Waals surface area contributed by atoms with Crippen LogP contribution < -0.4 is 4.90 Å². The molecule has 0 spiro atoms. The summed E-state index contributed by atoms with van der Waals surface area (Å²) >= 11 is 0. The van der Waals surface area contributed by atoms with Gasteiger partial charge in [-0.1, -0.05) is 0 Å². The van der Waals surface area contributed by atoms with Crippen LogP contribution in [0.15, 0.2) is 18.7 Å². The summed E-state index contributed by atoms with van der Waals surface area (Å²) in [4.78, 5) is 11.3. The second kappa shape index (κ2) is 5.91. The van der Waals surface area contributed by atoms with E-state index in [-0.39, 0.29) is 0 Å². The standard InChI is InChI=1S/C17H24N6/c1-12(2)23-11-20-21-17(23)14-5-7-22(8-6-14)16-9-15(13-3-4-13)18-10-19-16/h9-14H,3-8H2,1-2H3. The summed E-state index contributed by atoms with van der Waals surface area (Å²) in [5.74, 6) is 3.41. The summed E-state index contributed by atoms with van der Waals surface area (Å²) in [5, 5.41) is 8.49. The van der Waals surface area contributed by atoms with Crippen molar-refractivity contribution >= 4 is 5.82 Å². The molecule has 1 aliphatic carbocycles. The van der Waals surface area contributed by atoms with Crippen molar-refractivity contribution in [1.82, 2.24) is 24.7 Å². The van der Waals surface area contributed by atoms with Gasteiger partial charge in [-0.05, 0) is 39.5 Å².